The lowest BCUT2D eigenvalue weighted by Gasteiger charge is -2.10. The molecule has 0 aliphatic heterocycles. The molecule has 18 heavy (non-hydrogen) atoms. The molecule has 0 fully saturated rings. The summed E-state index contributed by atoms with van der Waals surface area (Å²) in [6.07, 6.45) is 0. The number of hydrogen-bond acceptors (Lipinski definition) is 2. The van der Waals surface area contributed by atoms with Gasteiger partial charge in [0.2, 0.25) is 5.91 Å². The standard InChI is InChI=1S/C15H15NO2/c1-11(17)16-13-7-5-6-12(10-13)14-8-3-4-9-15(14)18-2/h3-10H,1-2H3,(H,16,17). The molecular weight excluding hydrogens is 226 g/mol. The zero-order valence-electron chi connectivity index (χ0n) is 10.4. The van der Waals surface area contributed by atoms with E-state index in [0.717, 1.165) is 22.6 Å². The summed E-state index contributed by atoms with van der Waals surface area (Å²) in [7, 11) is 1.65. The molecule has 3 nitrogen and oxygen atoms in total. The highest BCUT2D eigenvalue weighted by Crippen LogP contribution is 2.30. The summed E-state index contributed by atoms with van der Waals surface area (Å²) in [5.41, 5.74) is 2.80. The zero-order chi connectivity index (χ0) is 13.0. The van der Waals surface area contributed by atoms with Gasteiger partial charge in [-0.3, -0.25) is 4.79 Å². The van der Waals surface area contributed by atoms with Crippen molar-refractivity contribution in [2.24, 2.45) is 0 Å². The molecule has 0 unspecified atom stereocenters. The zero-order valence-corrected chi connectivity index (χ0v) is 10.4. The predicted octanol–water partition coefficient (Wildman–Crippen LogP) is 3.32. The van der Waals surface area contributed by atoms with Crippen LogP contribution in [0.3, 0.4) is 0 Å². The molecule has 0 heterocycles. The molecule has 92 valence electrons. The summed E-state index contributed by atoms with van der Waals surface area (Å²) in [6, 6.07) is 15.5. The van der Waals surface area contributed by atoms with Gasteiger partial charge in [0.25, 0.3) is 0 Å². The minimum atomic E-state index is -0.0767. The molecule has 2 aromatic rings. The summed E-state index contributed by atoms with van der Waals surface area (Å²) in [5, 5.41) is 2.77. The van der Waals surface area contributed by atoms with Crippen LogP contribution in [0.15, 0.2) is 48.5 Å². The molecule has 2 aromatic carbocycles. The van der Waals surface area contributed by atoms with Gasteiger partial charge in [0.15, 0.2) is 0 Å². The Labute approximate surface area is 106 Å². The maximum atomic E-state index is 11.0. The second-order valence-corrected chi connectivity index (χ2v) is 3.96. The number of carbonyl (C=O) groups is 1. The number of hydrogen-bond donors (Lipinski definition) is 1. The first kappa shape index (κ1) is 12.2. The number of anilines is 1. The first-order chi connectivity index (χ1) is 8.70. The Hall–Kier alpha value is -2.29. The molecule has 0 spiro atoms. The van der Waals surface area contributed by atoms with E-state index < -0.39 is 0 Å². The largest absolute Gasteiger partial charge is 0.496 e. The molecule has 0 atom stereocenters. The van der Waals surface area contributed by atoms with E-state index >= 15 is 0 Å². The number of amides is 1. The topological polar surface area (TPSA) is 38.3 Å². The van der Waals surface area contributed by atoms with Gasteiger partial charge in [0.1, 0.15) is 5.75 Å². The van der Waals surface area contributed by atoms with E-state index in [0.29, 0.717) is 0 Å². The molecule has 3 heteroatoms. The highest BCUT2D eigenvalue weighted by molar-refractivity contribution is 5.89. The van der Waals surface area contributed by atoms with Crippen molar-refractivity contribution in [1.29, 1.82) is 0 Å². The van der Waals surface area contributed by atoms with E-state index in [1.54, 1.807) is 7.11 Å². The maximum Gasteiger partial charge on any atom is 0.221 e. The molecule has 0 aromatic heterocycles. The van der Waals surface area contributed by atoms with Crippen LogP contribution in [-0.2, 0) is 4.79 Å². The Bertz CT molecular complexity index is 564. The van der Waals surface area contributed by atoms with Gasteiger partial charge in [0, 0.05) is 18.2 Å². The van der Waals surface area contributed by atoms with E-state index in [4.69, 9.17) is 4.74 Å². The first-order valence-corrected chi connectivity index (χ1v) is 5.72. The monoisotopic (exact) mass is 241 g/mol. The van der Waals surface area contributed by atoms with Crippen LogP contribution in [0.4, 0.5) is 5.69 Å². The molecule has 0 aliphatic carbocycles. The fraction of sp³-hybridized carbons (Fsp3) is 0.133. The predicted molar refractivity (Wildman–Crippen MR) is 72.7 cm³/mol. The van der Waals surface area contributed by atoms with E-state index in [9.17, 15) is 4.79 Å². The van der Waals surface area contributed by atoms with Gasteiger partial charge >= 0.3 is 0 Å². The molecule has 0 aliphatic rings. The minimum Gasteiger partial charge on any atom is -0.496 e. The van der Waals surface area contributed by atoms with Gasteiger partial charge < -0.3 is 10.1 Å². The van der Waals surface area contributed by atoms with Gasteiger partial charge in [-0.1, -0.05) is 30.3 Å². The summed E-state index contributed by atoms with van der Waals surface area (Å²) in [4.78, 5) is 11.0. The van der Waals surface area contributed by atoms with Crippen LogP contribution in [0.1, 0.15) is 6.92 Å². The highest BCUT2D eigenvalue weighted by Gasteiger charge is 2.05. The third kappa shape index (κ3) is 2.69. The average molecular weight is 241 g/mol. The normalized spacial score (nSPS) is 9.89. The van der Waals surface area contributed by atoms with Crippen LogP contribution in [0.5, 0.6) is 5.75 Å². The summed E-state index contributed by atoms with van der Waals surface area (Å²) < 4.78 is 5.33. The lowest BCUT2D eigenvalue weighted by atomic mass is 10.0. The first-order valence-electron chi connectivity index (χ1n) is 5.72. The number of para-hydroxylation sites is 1. The van der Waals surface area contributed by atoms with Gasteiger partial charge in [-0.2, -0.15) is 0 Å². The Kier molecular flexibility index (Phi) is 3.63. The van der Waals surface area contributed by atoms with Crippen LogP contribution in [-0.4, -0.2) is 13.0 Å². The third-order valence-corrected chi connectivity index (χ3v) is 2.60. The van der Waals surface area contributed by atoms with Crippen molar-refractivity contribution in [3.8, 4) is 16.9 Å². The number of methoxy groups -OCH3 is 1. The second kappa shape index (κ2) is 5.36. The number of benzene rings is 2. The number of ether oxygens (including phenoxy) is 1. The Morgan fingerprint density at radius 1 is 1.11 bits per heavy atom. The van der Waals surface area contributed by atoms with Crippen molar-refractivity contribution in [3.05, 3.63) is 48.5 Å². The Morgan fingerprint density at radius 3 is 2.61 bits per heavy atom. The number of rotatable bonds is 3. The van der Waals surface area contributed by atoms with Crippen molar-refractivity contribution in [3.63, 3.8) is 0 Å². The quantitative estimate of drug-likeness (QED) is 0.895. The highest BCUT2D eigenvalue weighted by atomic mass is 16.5. The fourth-order valence-corrected chi connectivity index (χ4v) is 1.85. The van der Waals surface area contributed by atoms with Crippen molar-refractivity contribution in [2.45, 2.75) is 6.92 Å². The molecular formula is C15H15NO2. The van der Waals surface area contributed by atoms with Crippen molar-refractivity contribution in [1.82, 2.24) is 0 Å². The summed E-state index contributed by atoms with van der Waals surface area (Å²) >= 11 is 0. The molecule has 1 amide bonds. The average Bonchev–Trinajstić information content (AvgIpc) is 2.38. The fourth-order valence-electron chi connectivity index (χ4n) is 1.85. The third-order valence-electron chi connectivity index (χ3n) is 2.60. The Morgan fingerprint density at radius 2 is 1.89 bits per heavy atom. The SMILES string of the molecule is COc1ccccc1-c1cccc(NC(C)=O)c1. The molecule has 0 saturated heterocycles. The minimum absolute atomic E-state index is 0.0767. The smallest absolute Gasteiger partial charge is 0.221 e. The van der Waals surface area contributed by atoms with Crippen LogP contribution >= 0.6 is 0 Å². The van der Waals surface area contributed by atoms with Crippen molar-refractivity contribution < 1.29 is 9.53 Å². The van der Waals surface area contributed by atoms with E-state index in [1.165, 1.54) is 6.92 Å². The second-order valence-electron chi connectivity index (χ2n) is 3.96. The van der Waals surface area contributed by atoms with E-state index in [-0.39, 0.29) is 5.91 Å². The molecule has 0 saturated carbocycles. The van der Waals surface area contributed by atoms with Crippen molar-refractivity contribution in [2.75, 3.05) is 12.4 Å². The van der Waals surface area contributed by atoms with Gasteiger partial charge in [-0.15, -0.1) is 0 Å². The van der Waals surface area contributed by atoms with Crippen LogP contribution < -0.4 is 10.1 Å². The lowest BCUT2D eigenvalue weighted by Crippen LogP contribution is -2.05. The molecule has 1 N–H and O–H groups in total. The maximum absolute atomic E-state index is 11.0. The van der Waals surface area contributed by atoms with Crippen molar-refractivity contribution >= 4 is 11.6 Å². The summed E-state index contributed by atoms with van der Waals surface area (Å²) in [5.74, 6) is 0.740. The number of carbonyl (C=O) groups excluding carboxylic acids is 1. The van der Waals surface area contributed by atoms with Gasteiger partial charge in [-0.25, -0.2) is 0 Å². The van der Waals surface area contributed by atoms with E-state index in [2.05, 4.69) is 5.32 Å². The number of nitrogens with one attached hydrogen (secondary N) is 1. The van der Waals surface area contributed by atoms with Gasteiger partial charge in [0.05, 0.1) is 7.11 Å². The summed E-state index contributed by atoms with van der Waals surface area (Å²) in [6.45, 7) is 1.50. The van der Waals surface area contributed by atoms with Crippen LogP contribution in [0, 0.1) is 0 Å². The van der Waals surface area contributed by atoms with Gasteiger partial charge in [-0.05, 0) is 23.8 Å². The van der Waals surface area contributed by atoms with E-state index in [1.807, 2.05) is 48.5 Å². The molecule has 0 bridgehead atoms. The molecule has 0 radical (unpaired) electrons. The van der Waals surface area contributed by atoms with Crippen LogP contribution in [0.25, 0.3) is 11.1 Å². The lowest BCUT2D eigenvalue weighted by molar-refractivity contribution is -0.114. The molecule has 2 rings (SSSR count). The Balaban J connectivity index is 2.41. The van der Waals surface area contributed by atoms with Crippen LogP contribution in [0.2, 0.25) is 0 Å².